The first-order chi connectivity index (χ1) is 24.1. The fourth-order valence-electron chi connectivity index (χ4n) is 6.59. The highest BCUT2D eigenvalue weighted by molar-refractivity contribution is 6.06. The molecule has 3 aliphatic rings. The maximum atomic E-state index is 14.4. The Morgan fingerprint density at radius 3 is 2.30 bits per heavy atom. The van der Waals surface area contributed by atoms with Crippen molar-refractivity contribution in [2.45, 2.75) is 43.9 Å². The number of amides is 1. The van der Waals surface area contributed by atoms with Gasteiger partial charge >= 0.3 is 6.18 Å². The van der Waals surface area contributed by atoms with E-state index in [4.69, 9.17) is 25.0 Å². The number of aromatic nitrogens is 4. The summed E-state index contributed by atoms with van der Waals surface area (Å²) in [6.07, 6.45) is 0.600. The molecule has 16 heteroatoms. The van der Waals surface area contributed by atoms with Gasteiger partial charge in [-0.15, -0.1) is 0 Å². The Morgan fingerprint density at radius 1 is 0.980 bits per heavy atom. The number of benzene rings is 2. The minimum atomic E-state index is -4.73. The molecular weight excluding hydrogens is 660 g/mol. The first-order valence-corrected chi connectivity index (χ1v) is 16.6. The minimum Gasteiger partial charge on any atom is -0.495 e. The highest BCUT2D eigenvalue weighted by Gasteiger charge is 2.32. The second-order valence-electron chi connectivity index (χ2n) is 12.3. The van der Waals surface area contributed by atoms with E-state index in [1.807, 2.05) is 4.68 Å². The molecule has 4 aromatic rings. The summed E-state index contributed by atoms with van der Waals surface area (Å²) < 4.78 is 71.2. The van der Waals surface area contributed by atoms with Crippen LogP contribution in [0.1, 0.15) is 47.6 Å². The lowest BCUT2D eigenvalue weighted by Gasteiger charge is -2.38. The molecule has 50 heavy (non-hydrogen) atoms. The molecule has 12 nitrogen and oxygen atoms in total. The van der Waals surface area contributed by atoms with Gasteiger partial charge in [-0.1, -0.05) is 6.07 Å². The van der Waals surface area contributed by atoms with Crippen molar-refractivity contribution >= 4 is 28.4 Å². The van der Waals surface area contributed by atoms with Crippen LogP contribution in [0.2, 0.25) is 0 Å². The van der Waals surface area contributed by atoms with Crippen LogP contribution in [0.25, 0.3) is 22.3 Å². The molecule has 0 unspecified atom stereocenters. The lowest BCUT2D eigenvalue weighted by Crippen LogP contribution is -2.45. The number of hydrogen-bond acceptors (Lipinski definition) is 10. The van der Waals surface area contributed by atoms with Gasteiger partial charge in [0.1, 0.15) is 29.4 Å². The number of alkyl halides is 3. The average Bonchev–Trinajstić information content (AvgIpc) is 3.54. The van der Waals surface area contributed by atoms with Crippen LogP contribution in [-0.4, -0.2) is 96.3 Å². The van der Waals surface area contributed by atoms with Crippen molar-refractivity contribution in [3.8, 4) is 17.0 Å². The molecule has 2 saturated heterocycles. The third-order valence-corrected chi connectivity index (χ3v) is 9.20. The summed E-state index contributed by atoms with van der Waals surface area (Å²) >= 11 is 0. The molecule has 268 valence electrons. The lowest BCUT2D eigenvalue weighted by molar-refractivity contribution is -0.137. The van der Waals surface area contributed by atoms with E-state index >= 15 is 0 Å². The van der Waals surface area contributed by atoms with E-state index in [1.165, 1.54) is 13.4 Å². The molecule has 4 N–H and O–H groups in total. The van der Waals surface area contributed by atoms with E-state index in [0.717, 1.165) is 84.4 Å². The Hall–Kier alpha value is -4.38. The predicted octanol–water partition coefficient (Wildman–Crippen LogP) is 4.92. The third kappa shape index (κ3) is 7.98. The Labute approximate surface area is 286 Å². The molecule has 0 atom stereocenters. The van der Waals surface area contributed by atoms with Crippen LogP contribution in [0.3, 0.4) is 0 Å². The molecular formula is C34H40F4N8O4. The summed E-state index contributed by atoms with van der Waals surface area (Å²) in [6, 6.07) is 7.26. The molecule has 1 amide bonds. The number of anilines is 2. The van der Waals surface area contributed by atoms with E-state index in [1.54, 1.807) is 18.2 Å². The van der Waals surface area contributed by atoms with Gasteiger partial charge in [0.25, 0.3) is 5.91 Å². The monoisotopic (exact) mass is 700 g/mol. The summed E-state index contributed by atoms with van der Waals surface area (Å²) in [5.74, 6) is -1.72. The normalized spacial score (nSPS) is 20.2. The summed E-state index contributed by atoms with van der Waals surface area (Å²) in [5.41, 5.74) is 6.57. The van der Waals surface area contributed by atoms with E-state index < -0.39 is 29.0 Å². The molecule has 1 aliphatic carbocycles. The van der Waals surface area contributed by atoms with E-state index in [9.17, 15) is 22.4 Å². The zero-order valence-corrected chi connectivity index (χ0v) is 27.6. The number of morpholine rings is 2. The first kappa shape index (κ1) is 35.4. The van der Waals surface area contributed by atoms with Gasteiger partial charge in [-0.05, 0) is 56.0 Å². The summed E-state index contributed by atoms with van der Waals surface area (Å²) in [4.78, 5) is 24.0. The second-order valence-corrected chi connectivity index (χ2v) is 12.3. The quantitative estimate of drug-likeness (QED) is 0.238. The Kier molecular flexibility index (Phi) is 11.1. The molecule has 2 aliphatic heterocycles. The predicted molar refractivity (Wildman–Crippen MR) is 178 cm³/mol. The maximum absolute atomic E-state index is 14.4. The number of fused-ring (bicyclic) bond motifs is 1. The number of ether oxygens (including phenoxy) is 3. The fourth-order valence-corrected chi connectivity index (χ4v) is 6.59. The van der Waals surface area contributed by atoms with Crippen LogP contribution in [0, 0.1) is 5.82 Å². The van der Waals surface area contributed by atoms with Crippen LogP contribution in [0.15, 0.2) is 42.7 Å². The number of carbonyl (C=O) groups is 1. The van der Waals surface area contributed by atoms with Crippen LogP contribution in [0.5, 0.6) is 5.75 Å². The molecule has 7 rings (SSSR count). The largest absolute Gasteiger partial charge is 0.495 e. The van der Waals surface area contributed by atoms with Crippen LogP contribution in [-0.2, 0) is 15.7 Å². The van der Waals surface area contributed by atoms with Crippen molar-refractivity contribution in [2.75, 3.05) is 70.8 Å². The number of rotatable bonds is 6. The van der Waals surface area contributed by atoms with Gasteiger partial charge in [0, 0.05) is 37.8 Å². The van der Waals surface area contributed by atoms with Gasteiger partial charge < -0.3 is 30.6 Å². The van der Waals surface area contributed by atoms with E-state index in [2.05, 4.69) is 25.5 Å². The molecule has 1 saturated carbocycles. The summed E-state index contributed by atoms with van der Waals surface area (Å²) in [5, 5.41) is 11.2. The van der Waals surface area contributed by atoms with Crippen molar-refractivity contribution in [1.29, 1.82) is 0 Å². The number of nitrogens with two attached hydrogens (primary N) is 1. The average molecular weight is 701 g/mol. The number of nitrogen functional groups attached to an aromatic ring is 1. The molecule has 3 fully saturated rings. The van der Waals surface area contributed by atoms with Crippen molar-refractivity contribution < 1.29 is 36.6 Å². The Morgan fingerprint density at radius 2 is 1.68 bits per heavy atom. The van der Waals surface area contributed by atoms with Crippen LogP contribution in [0.4, 0.5) is 29.1 Å². The molecule has 2 aromatic carbocycles. The Bertz CT molecular complexity index is 1770. The first-order valence-electron chi connectivity index (χ1n) is 16.6. The molecule has 2 aromatic heterocycles. The van der Waals surface area contributed by atoms with Crippen LogP contribution < -0.4 is 21.1 Å². The van der Waals surface area contributed by atoms with Crippen molar-refractivity contribution in [1.82, 2.24) is 30.0 Å². The van der Waals surface area contributed by atoms with Gasteiger partial charge in [0.05, 0.1) is 61.8 Å². The number of hydrogen-bond donors (Lipinski definition) is 3. The second kappa shape index (κ2) is 15.7. The number of nitrogens with zero attached hydrogens (tertiary/aromatic N) is 5. The van der Waals surface area contributed by atoms with E-state index in [0.29, 0.717) is 34.4 Å². The number of carbonyl (C=O) groups excluding carboxylic acids is 1. The highest BCUT2D eigenvalue weighted by atomic mass is 19.4. The van der Waals surface area contributed by atoms with Gasteiger partial charge in [-0.2, -0.15) is 18.3 Å². The SMILES string of the molecule is C1COCCN1.COc1cc(-c2nn(C3CCC(N4CCOCC4)CC3)c3ncnc(N)c23)ccc1NC(=O)c1ccc(C(F)(F)F)cc1F. The van der Waals surface area contributed by atoms with Gasteiger partial charge in [-0.25, -0.2) is 19.0 Å². The zero-order chi connectivity index (χ0) is 35.3. The molecule has 0 radical (unpaired) electrons. The van der Waals surface area contributed by atoms with Gasteiger partial charge in [0.2, 0.25) is 0 Å². The summed E-state index contributed by atoms with van der Waals surface area (Å²) in [6.45, 7) is 7.26. The fraction of sp³-hybridized carbons (Fsp3) is 0.471. The molecule has 4 heterocycles. The van der Waals surface area contributed by atoms with Crippen LogP contribution >= 0.6 is 0 Å². The maximum Gasteiger partial charge on any atom is 0.416 e. The number of halogens is 4. The van der Waals surface area contributed by atoms with E-state index in [-0.39, 0.29) is 29.4 Å². The lowest BCUT2D eigenvalue weighted by atomic mass is 9.90. The number of nitrogens with one attached hydrogen (secondary N) is 2. The standard InChI is InChI=1S/C30H31F4N7O3.C4H9NO/c1-43-24-14-17(2-9-23(24)38-29(42)21-8-3-18(15-22(21)31)30(32,33)34)26-25-27(35)36-16-37-28(25)41(39-26)20-6-4-19(5-7-20)40-10-12-44-13-11-40;1-3-6-4-2-5-1/h2-3,8-9,14-16,19-20H,4-7,10-13H2,1H3,(H,38,42)(H2,35,36,37);5H,1-4H2. The van der Waals surface area contributed by atoms with Crippen molar-refractivity contribution in [3.05, 3.63) is 59.7 Å². The number of methoxy groups -OCH3 is 1. The summed E-state index contributed by atoms with van der Waals surface area (Å²) in [7, 11) is 1.40. The molecule has 0 spiro atoms. The third-order valence-electron chi connectivity index (χ3n) is 9.20. The van der Waals surface area contributed by atoms with Gasteiger partial charge in [-0.3, -0.25) is 9.69 Å². The smallest absolute Gasteiger partial charge is 0.416 e. The van der Waals surface area contributed by atoms with Crippen molar-refractivity contribution in [3.63, 3.8) is 0 Å². The van der Waals surface area contributed by atoms with Crippen molar-refractivity contribution in [2.24, 2.45) is 0 Å². The highest BCUT2D eigenvalue weighted by Crippen LogP contribution is 2.39. The van der Waals surface area contributed by atoms with Gasteiger partial charge in [0.15, 0.2) is 5.65 Å². The topological polar surface area (TPSA) is 142 Å². The zero-order valence-electron chi connectivity index (χ0n) is 27.6. The molecule has 0 bridgehead atoms. The Balaban J connectivity index is 0.000000652. The minimum absolute atomic E-state index is 0.122.